The molecule has 0 aliphatic carbocycles. The molecule has 2 atom stereocenters. The zero-order valence-electron chi connectivity index (χ0n) is 9.40. The predicted molar refractivity (Wildman–Crippen MR) is 56.7 cm³/mol. The highest BCUT2D eigenvalue weighted by molar-refractivity contribution is 5.77. The third-order valence-electron chi connectivity index (χ3n) is 2.91. The van der Waals surface area contributed by atoms with E-state index >= 15 is 0 Å². The summed E-state index contributed by atoms with van der Waals surface area (Å²) in [5.74, 6) is -0.941. The zero-order valence-corrected chi connectivity index (χ0v) is 9.40. The highest BCUT2D eigenvalue weighted by Gasteiger charge is 2.29. The number of nitrogens with two attached hydrogens (primary N) is 1. The molecule has 1 saturated heterocycles. The predicted octanol–water partition coefficient (Wildman–Crippen LogP) is -0.101. The van der Waals surface area contributed by atoms with Crippen molar-refractivity contribution in [2.75, 3.05) is 26.3 Å². The van der Waals surface area contributed by atoms with E-state index < -0.39 is 11.5 Å². The van der Waals surface area contributed by atoms with E-state index in [1.54, 1.807) is 6.92 Å². The molecule has 1 rings (SSSR count). The number of carboxylic acid groups (broad SMARTS) is 1. The molecule has 0 amide bonds. The maximum Gasteiger partial charge on any atom is 0.323 e. The van der Waals surface area contributed by atoms with Gasteiger partial charge in [0.2, 0.25) is 0 Å². The average Bonchev–Trinajstić information content (AvgIpc) is 2.16. The normalized spacial score (nSPS) is 27.3. The lowest BCUT2D eigenvalue weighted by Gasteiger charge is -2.34. The van der Waals surface area contributed by atoms with Crippen LogP contribution in [0, 0.1) is 0 Å². The minimum Gasteiger partial charge on any atom is -0.480 e. The zero-order chi connectivity index (χ0) is 11.5. The van der Waals surface area contributed by atoms with Crippen molar-refractivity contribution in [3.63, 3.8) is 0 Å². The van der Waals surface area contributed by atoms with E-state index in [9.17, 15) is 4.79 Å². The van der Waals surface area contributed by atoms with E-state index in [2.05, 4.69) is 11.8 Å². The van der Waals surface area contributed by atoms with Gasteiger partial charge < -0.3 is 15.6 Å². The van der Waals surface area contributed by atoms with Crippen molar-refractivity contribution in [3.05, 3.63) is 0 Å². The first-order chi connectivity index (χ1) is 6.93. The Labute approximate surface area is 90.2 Å². The van der Waals surface area contributed by atoms with Gasteiger partial charge in [-0.05, 0) is 20.3 Å². The number of nitrogens with zero attached hydrogens (tertiary/aromatic N) is 1. The number of morpholine rings is 1. The van der Waals surface area contributed by atoms with Crippen LogP contribution in [0.3, 0.4) is 0 Å². The third-order valence-corrected chi connectivity index (χ3v) is 2.91. The number of aliphatic carboxylic acids is 1. The molecule has 15 heavy (non-hydrogen) atoms. The van der Waals surface area contributed by atoms with Crippen molar-refractivity contribution < 1.29 is 14.6 Å². The van der Waals surface area contributed by atoms with Crippen LogP contribution in [0.25, 0.3) is 0 Å². The fourth-order valence-corrected chi connectivity index (χ4v) is 1.58. The summed E-state index contributed by atoms with van der Waals surface area (Å²) in [6.07, 6.45) is 0.465. The van der Waals surface area contributed by atoms with Gasteiger partial charge in [-0.1, -0.05) is 0 Å². The Hall–Kier alpha value is -0.650. The summed E-state index contributed by atoms with van der Waals surface area (Å²) in [6.45, 7) is 6.64. The highest BCUT2D eigenvalue weighted by Crippen LogP contribution is 2.11. The summed E-state index contributed by atoms with van der Waals surface area (Å²) in [4.78, 5) is 13.0. The number of rotatable bonds is 4. The van der Waals surface area contributed by atoms with Crippen LogP contribution in [0.5, 0.6) is 0 Å². The highest BCUT2D eigenvalue weighted by atomic mass is 16.5. The summed E-state index contributed by atoms with van der Waals surface area (Å²) in [5, 5.41) is 8.87. The van der Waals surface area contributed by atoms with Gasteiger partial charge in [-0.3, -0.25) is 9.69 Å². The minimum atomic E-state index is -1.13. The molecular weight excluding hydrogens is 196 g/mol. The third kappa shape index (κ3) is 3.44. The molecule has 0 saturated carbocycles. The van der Waals surface area contributed by atoms with Crippen molar-refractivity contribution >= 4 is 5.97 Å². The monoisotopic (exact) mass is 216 g/mol. The van der Waals surface area contributed by atoms with Gasteiger partial charge >= 0.3 is 5.97 Å². The minimum absolute atomic E-state index is 0.350. The molecule has 0 bridgehead atoms. The Morgan fingerprint density at radius 1 is 1.73 bits per heavy atom. The van der Waals surface area contributed by atoms with E-state index in [0.717, 1.165) is 13.2 Å². The van der Waals surface area contributed by atoms with Crippen LogP contribution in [0.15, 0.2) is 0 Å². The van der Waals surface area contributed by atoms with Crippen LogP contribution in [0.2, 0.25) is 0 Å². The SMILES string of the molecule is CC1COCCN1CCC(C)(N)C(=O)O. The molecule has 0 aromatic carbocycles. The topological polar surface area (TPSA) is 75.8 Å². The molecule has 3 N–H and O–H groups in total. The molecule has 0 aromatic heterocycles. The fraction of sp³-hybridized carbons (Fsp3) is 0.900. The van der Waals surface area contributed by atoms with Gasteiger partial charge in [0.15, 0.2) is 0 Å². The molecule has 1 aliphatic rings. The molecule has 88 valence electrons. The van der Waals surface area contributed by atoms with Gasteiger partial charge in [0.25, 0.3) is 0 Å². The maximum absolute atomic E-state index is 10.8. The van der Waals surface area contributed by atoms with Crippen molar-refractivity contribution in [1.29, 1.82) is 0 Å². The summed E-state index contributed by atoms with van der Waals surface area (Å²) >= 11 is 0. The molecular formula is C10H20N2O3. The van der Waals surface area contributed by atoms with Crippen molar-refractivity contribution in [2.24, 2.45) is 5.73 Å². The lowest BCUT2D eigenvalue weighted by Crippen LogP contribution is -2.50. The van der Waals surface area contributed by atoms with Gasteiger partial charge in [-0.15, -0.1) is 0 Å². The van der Waals surface area contributed by atoms with Gasteiger partial charge in [0, 0.05) is 19.1 Å². The summed E-state index contributed by atoms with van der Waals surface area (Å²) in [6, 6.07) is 0.350. The van der Waals surface area contributed by atoms with E-state index in [4.69, 9.17) is 15.6 Å². The van der Waals surface area contributed by atoms with Crippen LogP contribution in [0.1, 0.15) is 20.3 Å². The lowest BCUT2D eigenvalue weighted by atomic mass is 9.99. The number of carbonyl (C=O) groups is 1. The Balaban J connectivity index is 2.38. The standard InChI is InChI=1S/C10H20N2O3/c1-8-7-15-6-5-12(8)4-3-10(2,11)9(13)14/h8H,3-7,11H2,1-2H3,(H,13,14). The summed E-state index contributed by atoms with van der Waals surface area (Å²) < 4.78 is 5.30. The first-order valence-electron chi connectivity index (χ1n) is 5.27. The van der Waals surface area contributed by atoms with E-state index in [-0.39, 0.29) is 0 Å². The van der Waals surface area contributed by atoms with Crippen LogP contribution >= 0.6 is 0 Å². The van der Waals surface area contributed by atoms with E-state index in [0.29, 0.717) is 25.6 Å². The molecule has 0 aromatic rings. The molecule has 5 nitrogen and oxygen atoms in total. The number of hydrogen-bond acceptors (Lipinski definition) is 4. The first-order valence-corrected chi connectivity index (χ1v) is 5.27. The smallest absolute Gasteiger partial charge is 0.323 e. The average molecular weight is 216 g/mol. The van der Waals surface area contributed by atoms with Crippen molar-refractivity contribution in [3.8, 4) is 0 Å². The number of hydrogen-bond donors (Lipinski definition) is 2. The van der Waals surface area contributed by atoms with Crippen LogP contribution in [-0.4, -0.2) is 53.9 Å². The molecule has 2 unspecified atom stereocenters. The van der Waals surface area contributed by atoms with Crippen molar-refractivity contribution in [2.45, 2.75) is 31.8 Å². The molecule has 0 spiro atoms. The van der Waals surface area contributed by atoms with Gasteiger partial charge in [0.1, 0.15) is 5.54 Å². The van der Waals surface area contributed by atoms with Crippen LogP contribution in [0.4, 0.5) is 0 Å². The molecule has 0 radical (unpaired) electrons. The Kier molecular flexibility index (Phi) is 4.07. The van der Waals surface area contributed by atoms with Crippen LogP contribution < -0.4 is 5.73 Å². The second kappa shape index (κ2) is 4.92. The Morgan fingerprint density at radius 2 is 2.40 bits per heavy atom. The number of carboxylic acids is 1. The first kappa shape index (κ1) is 12.4. The Bertz CT molecular complexity index is 231. The second-order valence-electron chi connectivity index (χ2n) is 4.43. The largest absolute Gasteiger partial charge is 0.480 e. The Morgan fingerprint density at radius 3 is 2.93 bits per heavy atom. The van der Waals surface area contributed by atoms with Crippen LogP contribution in [-0.2, 0) is 9.53 Å². The quantitative estimate of drug-likeness (QED) is 0.686. The summed E-state index contributed by atoms with van der Waals surface area (Å²) in [7, 11) is 0. The van der Waals surface area contributed by atoms with Crippen molar-refractivity contribution in [1.82, 2.24) is 4.90 Å². The molecule has 5 heteroatoms. The van der Waals surface area contributed by atoms with E-state index in [1.807, 2.05) is 0 Å². The van der Waals surface area contributed by atoms with Gasteiger partial charge in [-0.2, -0.15) is 0 Å². The summed E-state index contributed by atoms with van der Waals surface area (Å²) in [5.41, 5.74) is 4.54. The van der Waals surface area contributed by atoms with E-state index in [1.165, 1.54) is 0 Å². The molecule has 1 fully saturated rings. The van der Waals surface area contributed by atoms with Gasteiger partial charge in [-0.25, -0.2) is 0 Å². The fourth-order valence-electron chi connectivity index (χ4n) is 1.58. The van der Waals surface area contributed by atoms with Gasteiger partial charge in [0.05, 0.1) is 13.2 Å². The lowest BCUT2D eigenvalue weighted by molar-refractivity contribution is -0.143. The number of ether oxygens (including phenoxy) is 1. The molecule has 1 heterocycles. The molecule has 1 aliphatic heterocycles. The maximum atomic E-state index is 10.8. The second-order valence-corrected chi connectivity index (χ2v) is 4.43.